The van der Waals surface area contributed by atoms with Gasteiger partial charge < -0.3 is 14.6 Å². The lowest BCUT2D eigenvalue weighted by molar-refractivity contribution is -0.143. The molecule has 1 aromatic rings. The molecule has 1 unspecified atom stereocenters. The summed E-state index contributed by atoms with van der Waals surface area (Å²) in [4.78, 5) is 13.4. The van der Waals surface area contributed by atoms with Crippen molar-refractivity contribution in [3.63, 3.8) is 0 Å². The van der Waals surface area contributed by atoms with Gasteiger partial charge >= 0.3 is 5.97 Å². The Morgan fingerprint density at radius 3 is 2.35 bits per heavy atom. The molecule has 0 saturated carbocycles. The van der Waals surface area contributed by atoms with Crippen molar-refractivity contribution in [3.05, 3.63) is 23.8 Å². The van der Waals surface area contributed by atoms with Gasteiger partial charge in [-0.3, -0.25) is 9.69 Å². The number of hydrogen-bond donors (Lipinski definition) is 1. The van der Waals surface area contributed by atoms with Crippen molar-refractivity contribution in [2.75, 3.05) is 27.3 Å². The van der Waals surface area contributed by atoms with Gasteiger partial charge in [-0.2, -0.15) is 0 Å². The summed E-state index contributed by atoms with van der Waals surface area (Å²) in [5, 5.41) is 9.44. The first-order valence-electron chi connectivity index (χ1n) is 6.75. The molecule has 0 aliphatic heterocycles. The Morgan fingerprint density at radius 2 is 1.90 bits per heavy atom. The van der Waals surface area contributed by atoms with Crippen molar-refractivity contribution in [3.8, 4) is 11.5 Å². The molecule has 20 heavy (non-hydrogen) atoms. The zero-order valence-corrected chi connectivity index (χ0v) is 12.5. The van der Waals surface area contributed by atoms with Crippen LogP contribution in [0.3, 0.4) is 0 Å². The molecule has 1 rings (SSSR count). The quantitative estimate of drug-likeness (QED) is 0.790. The molecule has 0 radical (unpaired) electrons. The van der Waals surface area contributed by atoms with Crippen molar-refractivity contribution in [2.45, 2.75) is 26.3 Å². The van der Waals surface area contributed by atoms with E-state index >= 15 is 0 Å². The number of likely N-dealkylation sites (N-methyl/N-ethyl adjacent to an activating group) is 1. The monoisotopic (exact) mass is 281 g/mol. The lowest BCUT2D eigenvalue weighted by Crippen LogP contribution is -2.42. The Labute approximate surface area is 120 Å². The summed E-state index contributed by atoms with van der Waals surface area (Å²) in [5.74, 6) is 0.562. The Bertz CT molecular complexity index is 443. The smallest absolute Gasteiger partial charge is 0.321 e. The Kier molecular flexibility index (Phi) is 6.31. The maximum absolute atomic E-state index is 11.5. The molecule has 112 valence electrons. The number of carboxylic acids is 1. The summed E-state index contributed by atoms with van der Waals surface area (Å²) in [5.41, 5.74) is 0.839. The number of carboxylic acid groups (broad SMARTS) is 1. The highest BCUT2D eigenvalue weighted by atomic mass is 16.5. The van der Waals surface area contributed by atoms with Gasteiger partial charge in [-0.1, -0.05) is 13.8 Å². The number of aliphatic carboxylic acids is 1. The number of nitrogens with zero attached hydrogens (tertiary/aromatic N) is 1. The lowest BCUT2D eigenvalue weighted by atomic mass is 10.0. The van der Waals surface area contributed by atoms with Crippen LogP contribution in [0, 0.1) is 0 Å². The fourth-order valence-corrected chi connectivity index (χ4v) is 2.29. The molecule has 0 fully saturated rings. The fourth-order valence-electron chi connectivity index (χ4n) is 2.29. The number of benzene rings is 1. The highest BCUT2D eigenvalue weighted by Crippen LogP contribution is 2.26. The maximum atomic E-state index is 11.5. The molecular weight excluding hydrogens is 258 g/mol. The van der Waals surface area contributed by atoms with Crippen LogP contribution in [0.4, 0.5) is 0 Å². The number of hydrogen-bond acceptors (Lipinski definition) is 4. The Morgan fingerprint density at radius 1 is 1.25 bits per heavy atom. The SMILES string of the molecule is CCN(CC)C(Cc1cc(OC)ccc1OC)C(=O)O. The van der Waals surface area contributed by atoms with Crippen molar-refractivity contribution >= 4 is 5.97 Å². The van der Waals surface area contributed by atoms with Crippen molar-refractivity contribution < 1.29 is 19.4 Å². The van der Waals surface area contributed by atoms with E-state index in [1.807, 2.05) is 24.8 Å². The Hall–Kier alpha value is -1.75. The molecule has 5 nitrogen and oxygen atoms in total. The predicted molar refractivity (Wildman–Crippen MR) is 77.6 cm³/mol. The molecule has 0 amide bonds. The molecule has 1 N–H and O–H groups in total. The van der Waals surface area contributed by atoms with Crippen LogP contribution in [-0.4, -0.2) is 49.3 Å². The number of carbonyl (C=O) groups is 1. The summed E-state index contributed by atoms with van der Waals surface area (Å²) in [6.07, 6.45) is 0.386. The minimum absolute atomic E-state index is 0.386. The lowest BCUT2D eigenvalue weighted by Gasteiger charge is -2.26. The van der Waals surface area contributed by atoms with E-state index in [-0.39, 0.29) is 0 Å². The summed E-state index contributed by atoms with van der Waals surface area (Å²) in [6.45, 7) is 5.31. The summed E-state index contributed by atoms with van der Waals surface area (Å²) < 4.78 is 10.5. The van der Waals surface area contributed by atoms with Gasteiger partial charge in [0.05, 0.1) is 14.2 Å². The van der Waals surface area contributed by atoms with Crippen molar-refractivity contribution in [2.24, 2.45) is 0 Å². The third-order valence-electron chi connectivity index (χ3n) is 3.44. The minimum Gasteiger partial charge on any atom is -0.497 e. The molecule has 0 aliphatic rings. The molecule has 0 saturated heterocycles. The second-order valence-corrected chi connectivity index (χ2v) is 4.46. The van der Waals surface area contributed by atoms with Crippen LogP contribution in [0.25, 0.3) is 0 Å². The molecule has 0 bridgehead atoms. The average Bonchev–Trinajstić information content (AvgIpc) is 2.46. The topological polar surface area (TPSA) is 59.0 Å². The standard InChI is InChI=1S/C15H23NO4/c1-5-16(6-2)13(15(17)18)10-11-9-12(19-3)7-8-14(11)20-4/h7-9,13H,5-6,10H2,1-4H3,(H,17,18). The van der Waals surface area contributed by atoms with Gasteiger partial charge in [-0.05, 0) is 36.9 Å². The van der Waals surface area contributed by atoms with E-state index in [0.29, 0.717) is 31.0 Å². The first-order chi connectivity index (χ1) is 9.57. The molecule has 0 spiro atoms. The maximum Gasteiger partial charge on any atom is 0.321 e. The molecule has 1 aromatic carbocycles. The van der Waals surface area contributed by atoms with E-state index < -0.39 is 12.0 Å². The summed E-state index contributed by atoms with van der Waals surface area (Å²) in [6, 6.07) is 4.87. The van der Waals surface area contributed by atoms with E-state index in [0.717, 1.165) is 5.56 Å². The molecule has 0 aromatic heterocycles. The van der Waals surface area contributed by atoms with Crippen LogP contribution < -0.4 is 9.47 Å². The van der Waals surface area contributed by atoms with E-state index in [1.54, 1.807) is 26.4 Å². The van der Waals surface area contributed by atoms with Crippen molar-refractivity contribution in [1.82, 2.24) is 4.90 Å². The van der Waals surface area contributed by atoms with Gasteiger partial charge in [-0.15, -0.1) is 0 Å². The van der Waals surface area contributed by atoms with Crippen LogP contribution >= 0.6 is 0 Å². The zero-order chi connectivity index (χ0) is 15.1. The van der Waals surface area contributed by atoms with Crippen molar-refractivity contribution in [1.29, 1.82) is 0 Å². The number of methoxy groups -OCH3 is 2. The average molecular weight is 281 g/mol. The van der Waals surface area contributed by atoms with Crippen LogP contribution in [0.1, 0.15) is 19.4 Å². The van der Waals surface area contributed by atoms with Crippen LogP contribution in [0.2, 0.25) is 0 Å². The van der Waals surface area contributed by atoms with Gasteiger partial charge in [0.25, 0.3) is 0 Å². The second kappa shape index (κ2) is 7.75. The van der Waals surface area contributed by atoms with E-state index in [1.165, 1.54) is 0 Å². The third kappa shape index (κ3) is 3.87. The molecular formula is C15H23NO4. The predicted octanol–water partition coefficient (Wildman–Crippen LogP) is 2.04. The van der Waals surface area contributed by atoms with Gasteiger partial charge in [0.2, 0.25) is 0 Å². The van der Waals surface area contributed by atoms with Crippen LogP contribution in [-0.2, 0) is 11.2 Å². The van der Waals surface area contributed by atoms with Gasteiger partial charge in [-0.25, -0.2) is 0 Å². The molecule has 5 heteroatoms. The van der Waals surface area contributed by atoms with Crippen LogP contribution in [0.5, 0.6) is 11.5 Å². The number of ether oxygens (including phenoxy) is 2. The van der Waals surface area contributed by atoms with E-state index in [2.05, 4.69) is 0 Å². The van der Waals surface area contributed by atoms with Gasteiger partial charge in [0.15, 0.2) is 0 Å². The summed E-state index contributed by atoms with van der Waals surface area (Å²) in [7, 11) is 3.17. The van der Waals surface area contributed by atoms with E-state index in [9.17, 15) is 9.90 Å². The van der Waals surface area contributed by atoms with Gasteiger partial charge in [0, 0.05) is 6.42 Å². The first kappa shape index (κ1) is 16.3. The molecule has 1 atom stereocenters. The Balaban J connectivity index is 3.06. The highest BCUT2D eigenvalue weighted by Gasteiger charge is 2.25. The zero-order valence-electron chi connectivity index (χ0n) is 12.5. The molecule has 0 heterocycles. The van der Waals surface area contributed by atoms with Crippen LogP contribution in [0.15, 0.2) is 18.2 Å². The third-order valence-corrected chi connectivity index (χ3v) is 3.44. The highest BCUT2D eigenvalue weighted by molar-refractivity contribution is 5.74. The number of rotatable bonds is 8. The molecule has 0 aliphatic carbocycles. The van der Waals surface area contributed by atoms with Gasteiger partial charge in [0.1, 0.15) is 17.5 Å². The van der Waals surface area contributed by atoms with E-state index in [4.69, 9.17) is 9.47 Å². The first-order valence-corrected chi connectivity index (χ1v) is 6.75. The second-order valence-electron chi connectivity index (χ2n) is 4.46. The minimum atomic E-state index is -0.821. The summed E-state index contributed by atoms with van der Waals surface area (Å²) >= 11 is 0. The largest absolute Gasteiger partial charge is 0.497 e. The normalized spacial score (nSPS) is 12.2. The fraction of sp³-hybridized carbons (Fsp3) is 0.533.